The summed E-state index contributed by atoms with van der Waals surface area (Å²) in [4.78, 5) is 20.6. The number of carbonyl (C=O) groups is 1. The van der Waals surface area contributed by atoms with E-state index in [0.29, 0.717) is 6.54 Å². The average Bonchev–Trinajstić information content (AvgIpc) is 2.74. The van der Waals surface area contributed by atoms with E-state index in [2.05, 4.69) is 15.1 Å². The second kappa shape index (κ2) is 4.21. The van der Waals surface area contributed by atoms with Gasteiger partial charge in [0.05, 0.1) is 17.9 Å². The Bertz CT molecular complexity index is 578. The SMILES string of the molecule is Cn1nc2c(c1-c1cncnc1)CCN(C=O)C2. The van der Waals surface area contributed by atoms with E-state index < -0.39 is 0 Å². The second-order valence-corrected chi connectivity index (χ2v) is 4.35. The molecule has 0 saturated carbocycles. The van der Waals surface area contributed by atoms with Crippen molar-refractivity contribution < 1.29 is 4.79 Å². The number of aromatic nitrogens is 4. The first-order chi connectivity index (χ1) is 8.79. The molecule has 2 aromatic rings. The Morgan fingerprint density at radius 1 is 1.33 bits per heavy atom. The molecule has 18 heavy (non-hydrogen) atoms. The Labute approximate surface area is 104 Å². The topological polar surface area (TPSA) is 63.9 Å². The number of hydrogen-bond acceptors (Lipinski definition) is 4. The molecule has 3 rings (SSSR count). The summed E-state index contributed by atoms with van der Waals surface area (Å²) in [7, 11) is 1.91. The second-order valence-electron chi connectivity index (χ2n) is 4.35. The summed E-state index contributed by atoms with van der Waals surface area (Å²) < 4.78 is 1.84. The summed E-state index contributed by atoms with van der Waals surface area (Å²) in [5.41, 5.74) is 4.18. The highest BCUT2D eigenvalue weighted by Crippen LogP contribution is 2.28. The molecule has 6 nitrogen and oxygen atoms in total. The van der Waals surface area contributed by atoms with Crippen LogP contribution in [-0.2, 0) is 24.8 Å². The highest BCUT2D eigenvalue weighted by atomic mass is 16.1. The van der Waals surface area contributed by atoms with E-state index in [1.165, 1.54) is 11.9 Å². The number of rotatable bonds is 2. The van der Waals surface area contributed by atoms with Gasteiger partial charge in [0.1, 0.15) is 6.33 Å². The van der Waals surface area contributed by atoms with E-state index in [9.17, 15) is 4.79 Å². The first-order valence-electron chi connectivity index (χ1n) is 5.79. The lowest BCUT2D eigenvalue weighted by atomic mass is 10.0. The molecule has 0 atom stereocenters. The van der Waals surface area contributed by atoms with Gasteiger partial charge < -0.3 is 4.90 Å². The summed E-state index contributed by atoms with van der Waals surface area (Å²) in [6.45, 7) is 1.32. The van der Waals surface area contributed by atoms with Gasteiger partial charge in [-0.1, -0.05) is 0 Å². The van der Waals surface area contributed by atoms with Crippen molar-refractivity contribution >= 4 is 6.41 Å². The zero-order valence-electron chi connectivity index (χ0n) is 10.1. The summed E-state index contributed by atoms with van der Waals surface area (Å²) in [5.74, 6) is 0. The van der Waals surface area contributed by atoms with Crippen molar-refractivity contribution in [3.05, 3.63) is 30.0 Å². The summed E-state index contributed by atoms with van der Waals surface area (Å²) >= 11 is 0. The third-order valence-electron chi connectivity index (χ3n) is 3.21. The fraction of sp³-hybridized carbons (Fsp3) is 0.333. The molecular weight excluding hydrogens is 230 g/mol. The molecule has 2 aromatic heterocycles. The van der Waals surface area contributed by atoms with E-state index >= 15 is 0 Å². The quantitative estimate of drug-likeness (QED) is 0.716. The van der Waals surface area contributed by atoms with Crippen molar-refractivity contribution in [3.63, 3.8) is 0 Å². The van der Waals surface area contributed by atoms with Crippen LogP contribution in [0.15, 0.2) is 18.7 Å². The minimum Gasteiger partial charge on any atom is -0.339 e. The molecular formula is C12H13N5O. The molecule has 0 saturated heterocycles. The van der Waals surface area contributed by atoms with Gasteiger partial charge in [0.2, 0.25) is 6.41 Å². The van der Waals surface area contributed by atoms with Crippen molar-refractivity contribution in [3.8, 4) is 11.3 Å². The van der Waals surface area contributed by atoms with Gasteiger partial charge >= 0.3 is 0 Å². The number of fused-ring (bicyclic) bond motifs is 1. The maximum atomic E-state index is 10.8. The van der Waals surface area contributed by atoms with Gasteiger partial charge in [-0.05, 0) is 6.42 Å². The monoisotopic (exact) mass is 243 g/mol. The number of amides is 1. The Morgan fingerprint density at radius 3 is 2.83 bits per heavy atom. The molecule has 6 heteroatoms. The van der Waals surface area contributed by atoms with Crippen molar-refractivity contribution in [2.75, 3.05) is 6.54 Å². The molecule has 3 heterocycles. The number of carbonyl (C=O) groups excluding carboxylic acids is 1. The van der Waals surface area contributed by atoms with Crippen LogP contribution in [-0.4, -0.2) is 37.6 Å². The minimum atomic E-state index is 0.584. The highest BCUT2D eigenvalue weighted by Gasteiger charge is 2.23. The molecule has 0 fully saturated rings. The van der Waals surface area contributed by atoms with Gasteiger partial charge in [0.15, 0.2) is 0 Å². The third kappa shape index (κ3) is 1.66. The number of aryl methyl sites for hydroxylation is 1. The van der Waals surface area contributed by atoms with Gasteiger partial charge in [-0.15, -0.1) is 0 Å². The van der Waals surface area contributed by atoms with Gasteiger partial charge in [-0.2, -0.15) is 5.10 Å². The first-order valence-corrected chi connectivity index (χ1v) is 5.79. The Morgan fingerprint density at radius 2 is 2.11 bits per heavy atom. The summed E-state index contributed by atoms with van der Waals surface area (Å²) in [5, 5.41) is 4.49. The molecule has 0 bridgehead atoms. The van der Waals surface area contributed by atoms with Crippen LogP contribution in [0.4, 0.5) is 0 Å². The van der Waals surface area contributed by atoms with Crippen molar-refractivity contribution in [2.45, 2.75) is 13.0 Å². The molecule has 1 amide bonds. The van der Waals surface area contributed by atoms with Crippen LogP contribution in [0, 0.1) is 0 Å². The van der Waals surface area contributed by atoms with Gasteiger partial charge in [0, 0.05) is 37.1 Å². The van der Waals surface area contributed by atoms with Crippen LogP contribution in [0.2, 0.25) is 0 Å². The van der Waals surface area contributed by atoms with E-state index in [1.54, 1.807) is 17.3 Å². The maximum absolute atomic E-state index is 10.8. The molecule has 0 unspecified atom stereocenters. The summed E-state index contributed by atoms with van der Waals surface area (Å²) in [6.07, 6.45) is 6.79. The standard InChI is InChI=1S/C12H13N5O/c1-16-12(9-4-13-7-14-5-9)10-2-3-17(8-18)6-11(10)15-16/h4-5,7-8H,2-3,6H2,1H3. The lowest BCUT2D eigenvalue weighted by Gasteiger charge is -2.22. The predicted octanol–water partition coefficient (Wildman–Crippen LogP) is 0.392. The van der Waals surface area contributed by atoms with E-state index in [1.807, 2.05) is 11.7 Å². The lowest BCUT2D eigenvalue weighted by Crippen LogP contribution is -2.29. The van der Waals surface area contributed by atoms with Crippen LogP contribution in [0.3, 0.4) is 0 Å². The number of nitrogens with zero attached hydrogens (tertiary/aromatic N) is 5. The molecule has 0 N–H and O–H groups in total. The van der Waals surface area contributed by atoms with Crippen LogP contribution in [0.25, 0.3) is 11.3 Å². The van der Waals surface area contributed by atoms with Gasteiger partial charge in [-0.3, -0.25) is 9.48 Å². The van der Waals surface area contributed by atoms with Gasteiger partial charge in [-0.25, -0.2) is 9.97 Å². The van der Waals surface area contributed by atoms with Crippen molar-refractivity contribution in [1.29, 1.82) is 0 Å². The van der Waals surface area contributed by atoms with E-state index in [0.717, 1.165) is 36.3 Å². The fourth-order valence-corrected chi connectivity index (χ4v) is 2.41. The third-order valence-corrected chi connectivity index (χ3v) is 3.21. The van der Waals surface area contributed by atoms with Gasteiger partial charge in [0.25, 0.3) is 0 Å². The highest BCUT2D eigenvalue weighted by molar-refractivity contribution is 5.64. The average molecular weight is 243 g/mol. The van der Waals surface area contributed by atoms with E-state index in [-0.39, 0.29) is 0 Å². The zero-order valence-corrected chi connectivity index (χ0v) is 10.1. The maximum Gasteiger partial charge on any atom is 0.210 e. The minimum absolute atomic E-state index is 0.584. The largest absolute Gasteiger partial charge is 0.339 e. The molecule has 0 aromatic carbocycles. The Kier molecular flexibility index (Phi) is 2.55. The molecule has 0 aliphatic carbocycles. The van der Waals surface area contributed by atoms with Crippen LogP contribution in [0.1, 0.15) is 11.3 Å². The smallest absolute Gasteiger partial charge is 0.210 e. The lowest BCUT2D eigenvalue weighted by molar-refractivity contribution is -0.118. The molecule has 1 aliphatic rings. The normalized spacial score (nSPS) is 14.4. The molecule has 1 aliphatic heterocycles. The Balaban J connectivity index is 2.08. The molecule has 0 spiro atoms. The van der Waals surface area contributed by atoms with E-state index in [4.69, 9.17) is 0 Å². The zero-order chi connectivity index (χ0) is 12.5. The predicted molar refractivity (Wildman–Crippen MR) is 64.4 cm³/mol. The van der Waals surface area contributed by atoms with Crippen LogP contribution < -0.4 is 0 Å². The van der Waals surface area contributed by atoms with Crippen LogP contribution >= 0.6 is 0 Å². The molecule has 0 radical (unpaired) electrons. The van der Waals surface area contributed by atoms with Crippen LogP contribution in [0.5, 0.6) is 0 Å². The number of hydrogen-bond donors (Lipinski definition) is 0. The molecule has 92 valence electrons. The fourth-order valence-electron chi connectivity index (χ4n) is 2.41. The van der Waals surface area contributed by atoms with Crippen molar-refractivity contribution in [1.82, 2.24) is 24.6 Å². The summed E-state index contributed by atoms with van der Waals surface area (Å²) in [6, 6.07) is 0. The Hall–Kier alpha value is -2.24. The van der Waals surface area contributed by atoms with Crippen molar-refractivity contribution in [2.24, 2.45) is 7.05 Å². The first kappa shape index (κ1) is 10.9.